The van der Waals surface area contributed by atoms with Crippen molar-refractivity contribution < 1.29 is 49.2 Å². The predicted molar refractivity (Wildman–Crippen MR) is 41.5 cm³/mol. The quantitative estimate of drug-likeness (QED) is 0.433. The van der Waals surface area contributed by atoms with Crippen LogP contribution in [0.2, 0.25) is 0 Å². The van der Waals surface area contributed by atoms with Gasteiger partial charge in [0, 0.05) is 19.5 Å². The Hall–Kier alpha value is -2.17. The summed E-state index contributed by atoms with van der Waals surface area (Å²) in [5.74, 6) is 0. The van der Waals surface area contributed by atoms with E-state index < -0.39 is 18.3 Å². The van der Waals surface area contributed by atoms with E-state index >= 15 is 0 Å². The third-order valence-electron chi connectivity index (χ3n) is 0.234. The Kier molecular flexibility index (Phi) is 27.4. The van der Waals surface area contributed by atoms with Gasteiger partial charge in [0.25, 0.3) is 0 Å². The number of amides is 3. The molecule has 0 aliphatic heterocycles. The molecule has 0 aliphatic carbocycles. The van der Waals surface area contributed by atoms with E-state index in [2.05, 4.69) is 0 Å². The van der Waals surface area contributed by atoms with E-state index in [4.69, 9.17) is 44.4 Å². The zero-order valence-electron chi connectivity index (χ0n) is 6.99. The number of hydrogen-bond donors (Lipinski definition) is 3. The molecule has 0 saturated carbocycles. The van der Waals surface area contributed by atoms with Crippen LogP contribution < -0.4 is 0 Å². The number of nitrogens with zero attached hydrogens (tertiary/aromatic N) is 3. The van der Waals surface area contributed by atoms with Gasteiger partial charge in [-0.3, -0.25) is 0 Å². The third-order valence-corrected chi connectivity index (χ3v) is 0.234. The van der Waals surface area contributed by atoms with E-state index in [1.165, 1.54) is 0 Å². The predicted octanol–water partition coefficient (Wildman–Crippen LogP) is 1.29. The van der Waals surface area contributed by atoms with Crippen molar-refractivity contribution in [3.05, 3.63) is 14.7 Å². The summed E-state index contributed by atoms with van der Waals surface area (Å²) >= 11 is 0. The average molecular weight is 326 g/mol. The van der Waals surface area contributed by atoms with Crippen LogP contribution in [-0.4, -0.2) is 33.6 Å². The Bertz CT molecular complexity index is 222. The van der Waals surface area contributed by atoms with Crippen LogP contribution in [0.3, 0.4) is 0 Å². The molecule has 3 N–H and O–H groups in total. The summed E-state index contributed by atoms with van der Waals surface area (Å²) < 4.78 is 0. The first kappa shape index (κ1) is 23.6. The molecule has 0 atom stereocenters. The van der Waals surface area contributed by atoms with Crippen LogP contribution in [0.5, 0.6) is 0 Å². The normalized spacial score (nSPS) is 6.00. The van der Waals surface area contributed by atoms with Gasteiger partial charge in [-0.1, -0.05) is 0 Å². The smallest absolute Gasteiger partial charge is 0.461 e. The first-order valence-corrected chi connectivity index (χ1v) is 2.50. The Morgan fingerprint density at radius 1 is 0.625 bits per heavy atom. The van der Waals surface area contributed by atoms with Crippen LogP contribution in [0.15, 0.2) is 15.5 Å². The van der Waals surface area contributed by atoms with E-state index in [0.29, 0.717) is 0 Å². The van der Waals surface area contributed by atoms with Gasteiger partial charge in [-0.05, 0) is 0 Å². The molecular weight excluding hydrogens is 323 g/mol. The first-order valence-electron chi connectivity index (χ1n) is 2.50. The summed E-state index contributed by atoms with van der Waals surface area (Å²) in [6.07, 6.45) is -5.03. The summed E-state index contributed by atoms with van der Waals surface area (Å²) in [4.78, 5) is 52.6. The molecule has 0 aromatic heterocycles. The maximum atomic E-state index is 8.89. The number of carboxylic acid groups (broad SMARTS) is 3. The zero-order chi connectivity index (χ0) is 12.9. The van der Waals surface area contributed by atoms with Crippen molar-refractivity contribution in [2.75, 3.05) is 0 Å². The van der Waals surface area contributed by atoms with Gasteiger partial charge < -0.3 is 15.3 Å². The summed E-state index contributed by atoms with van der Waals surface area (Å²) in [5, 5.41) is 26.4. The second-order valence-corrected chi connectivity index (χ2v) is 1.12. The van der Waals surface area contributed by atoms with Crippen molar-refractivity contribution in [1.29, 1.82) is 0 Å². The molecular formula is C3H3N3O9Ru. The van der Waals surface area contributed by atoms with Crippen LogP contribution in [0.4, 0.5) is 14.4 Å². The van der Waals surface area contributed by atoms with E-state index in [0.717, 1.165) is 0 Å². The summed E-state index contributed by atoms with van der Waals surface area (Å²) in [7, 11) is 0. The summed E-state index contributed by atoms with van der Waals surface area (Å²) in [6.45, 7) is 0. The molecule has 12 nitrogen and oxygen atoms in total. The average Bonchev–Trinajstić information content (AvgIpc) is 2.19. The molecule has 92 valence electrons. The maximum absolute atomic E-state index is 8.89. The van der Waals surface area contributed by atoms with Crippen LogP contribution >= 0.6 is 0 Å². The maximum Gasteiger partial charge on any atom is 0.468 e. The molecule has 0 aromatic carbocycles. The topological polar surface area (TPSA) is 200 Å². The molecule has 3 amide bonds. The molecule has 0 bridgehead atoms. The van der Waals surface area contributed by atoms with Crippen molar-refractivity contribution in [2.45, 2.75) is 0 Å². The van der Waals surface area contributed by atoms with Crippen molar-refractivity contribution in [3.63, 3.8) is 0 Å². The summed E-state index contributed by atoms with van der Waals surface area (Å²) in [5.41, 5.74) is 0. The van der Waals surface area contributed by atoms with Crippen LogP contribution in [0, 0.1) is 14.7 Å². The Morgan fingerprint density at radius 2 is 0.688 bits per heavy atom. The summed E-state index contributed by atoms with van der Waals surface area (Å²) in [6, 6.07) is 0. The number of rotatable bonds is 0. The van der Waals surface area contributed by atoms with E-state index in [-0.39, 0.29) is 19.5 Å². The molecule has 0 aliphatic rings. The minimum atomic E-state index is -1.68. The number of nitroso groups, excluding NO2 is 3. The Labute approximate surface area is 98.3 Å². The molecule has 0 fully saturated rings. The second-order valence-electron chi connectivity index (χ2n) is 1.12. The second kappa shape index (κ2) is 18.6. The van der Waals surface area contributed by atoms with Gasteiger partial charge in [0.1, 0.15) is 0 Å². The molecule has 0 unspecified atom stereocenters. The van der Waals surface area contributed by atoms with Gasteiger partial charge in [0.15, 0.2) is 0 Å². The van der Waals surface area contributed by atoms with Crippen molar-refractivity contribution >= 4 is 18.3 Å². The zero-order valence-corrected chi connectivity index (χ0v) is 8.72. The molecule has 0 rings (SSSR count). The molecule has 0 saturated heterocycles. The fraction of sp³-hybridized carbons (Fsp3) is 0. The molecule has 0 heterocycles. The Balaban J connectivity index is -0.0000000655. The van der Waals surface area contributed by atoms with Gasteiger partial charge in [0.2, 0.25) is 0 Å². The number of carbonyl (C=O) groups is 3. The van der Waals surface area contributed by atoms with E-state index in [9.17, 15) is 0 Å². The minimum absolute atomic E-state index is 0. The first-order chi connectivity index (χ1) is 6.81. The van der Waals surface area contributed by atoms with Gasteiger partial charge in [0.05, 0.1) is 15.5 Å². The van der Waals surface area contributed by atoms with Crippen molar-refractivity contribution in [2.24, 2.45) is 15.5 Å². The van der Waals surface area contributed by atoms with E-state index in [1.54, 1.807) is 15.5 Å². The molecule has 13 heteroatoms. The van der Waals surface area contributed by atoms with Gasteiger partial charge in [-0.2, -0.15) is 0 Å². The minimum Gasteiger partial charge on any atom is -0.461 e. The van der Waals surface area contributed by atoms with Crippen LogP contribution in [0.1, 0.15) is 0 Å². The molecule has 0 aromatic rings. The molecule has 16 heavy (non-hydrogen) atoms. The van der Waals surface area contributed by atoms with Crippen LogP contribution in [0.25, 0.3) is 0 Å². The van der Waals surface area contributed by atoms with Gasteiger partial charge >= 0.3 is 18.3 Å². The van der Waals surface area contributed by atoms with Crippen molar-refractivity contribution in [3.8, 4) is 0 Å². The fourth-order valence-corrected chi connectivity index (χ4v) is 0. The largest absolute Gasteiger partial charge is 0.468 e. The number of hydrogen-bond acceptors (Lipinski definition) is 6. The molecule has 0 spiro atoms. The van der Waals surface area contributed by atoms with Crippen molar-refractivity contribution in [1.82, 2.24) is 0 Å². The standard InChI is InChI=1S/3CHNO3.Ru/c3*3-1(4)2-5;/h3*(H,3,4);. The van der Waals surface area contributed by atoms with E-state index in [1.807, 2.05) is 0 Å². The van der Waals surface area contributed by atoms with Gasteiger partial charge in [-0.25, -0.2) is 14.4 Å². The third kappa shape index (κ3) is 94.5. The molecule has 0 radical (unpaired) electrons. The fourth-order valence-electron chi connectivity index (χ4n) is 0. The SMILES string of the molecule is O=NC(=O)O.O=NC(=O)O.O=NC(=O)O.[Ru]. The monoisotopic (exact) mass is 327 g/mol. The Morgan fingerprint density at radius 3 is 0.688 bits per heavy atom. The van der Waals surface area contributed by atoms with Gasteiger partial charge in [-0.15, -0.1) is 14.7 Å². The van der Waals surface area contributed by atoms with Crippen LogP contribution in [-0.2, 0) is 19.5 Å².